The largest absolute Gasteiger partial charge is 0.432 e. The molecule has 0 atom stereocenters. The highest BCUT2D eigenvalue weighted by Crippen LogP contribution is 2.22. The van der Waals surface area contributed by atoms with Crippen molar-refractivity contribution in [3.8, 4) is 5.75 Å². The zero-order chi connectivity index (χ0) is 14.7. The van der Waals surface area contributed by atoms with Crippen molar-refractivity contribution in [3.63, 3.8) is 0 Å². The van der Waals surface area contributed by atoms with Gasteiger partial charge in [-0.15, -0.1) is 0 Å². The molecule has 2 nitrogen and oxygen atoms in total. The van der Waals surface area contributed by atoms with E-state index in [-0.39, 0.29) is 0 Å². The zero-order valence-electron chi connectivity index (χ0n) is 11.7. The van der Waals surface area contributed by atoms with Crippen molar-refractivity contribution in [1.29, 1.82) is 0 Å². The van der Waals surface area contributed by atoms with E-state index >= 15 is 0 Å². The van der Waals surface area contributed by atoms with E-state index in [4.69, 9.17) is 17.0 Å². The van der Waals surface area contributed by atoms with E-state index in [0.717, 1.165) is 16.8 Å². The van der Waals surface area contributed by atoms with Crippen LogP contribution in [0.25, 0.3) is 10.8 Å². The van der Waals surface area contributed by atoms with Gasteiger partial charge in [-0.2, -0.15) is 0 Å². The van der Waals surface area contributed by atoms with Gasteiger partial charge in [0.2, 0.25) is 0 Å². The first kappa shape index (κ1) is 13.6. The summed E-state index contributed by atoms with van der Waals surface area (Å²) in [7, 11) is 1.90. The van der Waals surface area contributed by atoms with E-state index in [9.17, 15) is 0 Å². The highest BCUT2D eigenvalue weighted by Gasteiger charge is 2.09. The quantitative estimate of drug-likeness (QED) is 0.639. The van der Waals surface area contributed by atoms with E-state index in [1.54, 1.807) is 0 Å². The standard InChI is InChI=1S/C18H15NOS/c1-19(16-9-3-2-4-10-16)18(21)20-17-12-11-14-7-5-6-8-15(14)13-17/h2-13H,1H3. The molecule has 0 N–H and O–H groups in total. The predicted molar refractivity (Wildman–Crippen MR) is 92.0 cm³/mol. The Labute approximate surface area is 129 Å². The molecule has 0 fully saturated rings. The number of nitrogens with zero attached hydrogens (tertiary/aromatic N) is 1. The average molecular weight is 293 g/mol. The predicted octanol–water partition coefficient (Wildman–Crippen LogP) is 4.64. The lowest BCUT2D eigenvalue weighted by Crippen LogP contribution is -2.29. The minimum absolute atomic E-state index is 0.427. The van der Waals surface area contributed by atoms with E-state index in [2.05, 4.69) is 12.1 Å². The van der Waals surface area contributed by atoms with Gasteiger partial charge in [-0.1, -0.05) is 48.5 Å². The summed E-state index contributed by atoms with van der Waals surface area (Å²) in [6.45, 7) is 0. The summed E-state index contributed by atoms with van der Waals surface area (Å²) in [5.41, 5.74) is 1.00. The van der Waals surface area contributed by atoms with Crippen molar-refractivity contribution >= 4 is 33.9 Å². The third-order valence-corrected chi connectivity index (χ3v) is 3.70. The van der Waals surface area contributed by atoms with E-state index in [1.165, 1.54) is 5.39 Å². The Bertz CT molecular complexity index is 770. The van der Waals surface area contributed by atoms with Gasteiger partial charge in [0, 0.05) is 12.7 Å². The molecule has 0 aliphatic carbocycles. The van der Waals surface area contributed by atoms with Gasteiger partial charge in [-0.25, -0.2) is 0 Å². The first-order valence-corrected chi connectivity index (χ1v) is 7.14. The van der Waals surface area contributed by atoms with Gasteiger partial charge in [-0.05, 0) is 47.3 Å². The monoisotopic (exact) mass is 293 g/mol. The van der Waals surface area contributed by atoms with Crippen LogP contribution in [0, 0.1) is 0 Å². The fourth-order valence-corrected chi connectivity index (χ4v) is 2.36. The molecule has 0 heterocycles. The first-order chi connectivity index (χ1) is 10.2. The second-order valence-electron chi connectivity index (χ2n) is 4.77. The Kier molecular flexibility index (Phi) is 3.84. The van der Waals surface area contributed by atoms with Crippen LogP contribution in [0.2, 0.25) is 0 Å². The van der Waals surface area contributed by atoms with Gasteiger partial charge in [0.25, 0.3) is 5.17 Å². The topological polar surface area (TPSA) is 12.5 Å². The molecule has 3 aromatic carbocycles. The summed E-state index contributed by atoms with van der Waals surface area (Å²) >= 11 is 5.37. The smallest absolute Gasteiger partial charge is 0.269 e. The molecule has 3 heteroatoms. The Morgan fingerprint density at radius 3 is 2.29 bits per heavy atom. The molecule has 0 amide bonds. The molecule has 0 spiro atoms. The molecule has 0 saturated heterocycles. The van der Waals surface area contributed by atoms with Crippen LogP contribution in [-0.4, -0.2) is 12.2 Å². The molecule has 3 rings (SSSR count). The maximum atomic E-state index is 5.80. The van der Waals surface area contributed by atoms with Crippen molar-refractivity contribution in [2.45, 2.75) is 0 Å². The maximum Gasteiger partial charge on any atom is 0.269 e. The lowest BCUT2D eigenvalue weighted by molar-refractivity contribution is 0.553. The van der Waals surface area contributed by atoms with E-state index < -0.39 is 0 Å². The molecule has 0 aliphatic heterocycles. The number of hydrogen-bond donors (Lipinski definition) is 0. The van der Waals surface area contributed by atoms with Crippen LogP contribution in [0.4, 0.5) is 5.69 Å². The Hall–Kier alpha value is -2.39. The molecule has 0 bridgehead atoms. The highest BCUT2D eigenvalue weighted by molar-refractivity contribution is 7.80. The van der Waals surface area contributed by atoms with Crippen molar-refractivity contribution in [2.24, 2.45) is 0 Å². The molecular weight excluding hydrogens is 278 g/mol. The summed E-state index contributed by atoms with van der Waals surface area (Å²) < 4.78 is 5.80. The summed E-state index contributed by atoms with van der Waals surface area (Å²) in [6.07, 6.45) is 0. The number of hydrogen-bond acceptors (Lipinski definition) is 2. The number of rotatable bonds is 2. The normalized spacial score (nSPS) is 10.3. The van der Waals surface area contributed by atoms with Gasteiger partial charge in [0.15, 0.2) is 0 Å². The summed E-state index contributed by atoms with van der Waals surface area (Å²) in [4.78, 5) is 1.85. The molecular formula is C18H15NOS. The number of thiocarbonyl (C=S) groups is 1. The number of anilines is 1. The fourth-order valence-electron chi connectivity index (χ4n) is 2.16. The van der Waals surface area contributed by atoms with Gasteiger partial charge < -0.3 is 9.64 Å². The van der Waals surface area contributed by atoms with Crippen LogP contribution in [-0.2, 0) is 0 Å². The molecule has 0 unspecified atom stereocenters. The average Bonchev–Trinajstić information content (AvgIpc) is 2.55. The van der Waals surface area contributed by atoms with Crippen molar-refractivity contribution in [1.82, 2.24) is 0 Å². The fraction of sp³-hybridized carbons (Fsp3) is 0.0556. The molecule has 0 saturated carbocycles. The third kappa shape index (κ3) is 3.03. The van der Waals surface area contributed by atoms with Crippen LogP contribution in [0.5, 0.6) is 5.75 Å². The van der Waals surface area contributed by atoms with Crippen LogP contribution >= 0.6 is 12.2 Å². The van der Waals surface area contributed by atoms with Gasteiger partial charge in [-0.3, -0.25) is 0 Å². The molecule has 0 radical (unpaired) electrons. The Morgan fingerprint density at radius 2 is 1.52 bits per heavy atom. The zero-order valence-corrected chi connectivity index (χ0v) is 12.5. The van der Waals surface area contributed by atoms with Crippen molar-refractivity contribution < 1.29 is 4.74 Å². The number of fused-ring (bicyclic) bond motifs is 1. The van der Waals surface area contributed by atoms with Crippen LogP contribution in [0.3, 0.4) is 0 Å². The van der Waals surface area contributed by atoms with Crippen LogP contribution in [0.1, 0.15) is 0 Å². The molecule has 0 aromatic heterocycles. The lowest BCUT2D eigenvalue weighted by Gasteiger charge is -2.19. The second-order valence-corrected chi connectivity index (χ2v) is 5.12. The number of ether oxygens (including phenoxy) is 1. The maximum absolute atomic E-state index is 5.80. The van der Waals surface area contributed by atoms with Gasteiger partial charge in [0.05, 0.1) is 0 Å². The summed E-state index contributed by atoms with van der Waals surface area (Å²) in [5.74, 6) is 0.751. The van der Waals surface area contributed by atoms with Gasteiger partial charge >= 0.3 is 0 Å². The molecule has 21 heavy (non-hydrogen) atoms. The molecule has 3 aromatic rings. The summed E-state index contributed by atoms with van der Waals surface area (Å²) in [5, 5.41) is 2.75. The lowest BCUT2D eigenvalue weighted by atomic mass is 10.1. The Morgan fingerprint density at radius 1 is 0.857 bits per heavy atom. The minimum Gasteiger partial charge on any atom is -0.432 e. The van der Waals surface area contributed by atoms with Crippen molar-refractivity contribution in [2.75, 3.05) is 11.9 Å². The third-order valence-electron chi connectivity index (χ3n) is 3.34. The van der Waals surface area contributed by atoms with Crippen molar-refractivity contribution in [3.05, 3.63) is 72.8 Å². The number of benzene rings is 3. The SMILES string of the molecule is CN(C(=S)Oc1ccc2ccccc2c1)c1ccccc1. The first-order valence-electron chi connectivity index (χ1n) is 6.73. The van der Waals surface area contributed by atoms with E-state index in [0.29, 0.717) is 5.17 Å². The van der Waals surface area contributed by atoms with Gasteiger partial charge in [0.1, 0.15) is 5.75 Å². The summed E-state index contributed by atoms with van der Waals surface area (Å²) in [6, 6.07) is 24.1. The minimum atomic E-state index is 0.427. The van der Waals surface area contributed by atoms with E-state index in [1.807, 2.05) is 72.6 Å². The molecule has 0 aliphatic rings. The molecule has 104 valence electrons. The highest BCUT2D eigenvalue weighted by atomic mass is 32.1. The van der Waals surface area contributed by atoms with Crippen LogP contribution in [0.15, 0.2) is 72.8 Å². The van der Waals surface area contributed by atoms with Crippen LogP contribution < -0.4 is 9.64 Å². The number of para-hydroxylation sites is 1. The Balaban J connectivity index is 1.80. The second kappa shape index (κ2) is 5.94.